The molecule has 4 bridgehead atoms. The van der Waals surface area contributed by atoms with Crippen molar-refractivity contribution >= 4 is 24.1 Å². The van der Waals surface area contributed by atoms with Crippen LogP contribution in [0.3, 0.4) is 0 Å². The molecule has 6 N–H and O–H groups in total. The van der Waals surface area contributed by atoms with Gasteiger partial charge in [-0.05, 0) is 61.9 Å². The van der Waals surface area contributed by atoms with Crippen LogP contribution in [0.15, 0.2) is 106 Å². The highest BCUT2D eigenvalue weighted by molar-refractivity contribution is 5.87. The molecule has 9 atom stereocenters. The molecule has 0 aromatic carbocycles. The highest BCUT2D eigenvalue weighted by Gasteiger charge is 2.43. The van der Waals surface area contributed by atoms with E-state index in [9.17, 15) is 19.8 Å². The monoisotopic (exact) mass is 810 g/mol. The van der Waals surface area contributed by atoms with Gasteiger partial charge in [-0.25, -0.2) is 19.6 Å². The van der Waals surface area contributed by atoms with Gasteiger partial charge in [-0.2, -0.15) is 0 Å². The first kappa shape index (κ1) is 45.2. The Balaban J connectivity index is 1.36. The van der Waals surface area contributed by atoms with E-state index in [1.54, 1.807) is 24.3 Å². The van der Waals surface area contributed by atoms with Crippen molar-refractivity contribution in [2.75, 3.05) is 13.1 Å². The molecule has 318 valence electrons. The number of aliphatic hydroxyl groups excluding tert-OH is 2. The molecule has 3 heterocycles. The van der Waals surface area contributed by atoms with Crippen LogP contribution in [0.5, 0.6) is 0 Å². The Morgan fingerprint density at radius 2 is 1.17 bits per heavy atom. The molecule has 0 saturated heterocycles. The van der Waals surface area contributed by atoms with E-state index in [-0.39, 0.29) is 29.1 Å². The molecule has 0 radical (unpaired) electrons. The van der Waals surface area contributed by atoms with Gasteiger partial charge in [0, 0.05) is 35.8 Å². The van der Waals surface area contributed by atoms with Gasteiger partial charge in [0.15, 0.2) is 11.4 Å². The minimum absolute atomic E-state index is 0.0416. The zero-order valence-corrected chi connectivity index (χ0v) is 34.9. The van der Waals surface area contributed by atoms with Gasteiger partial charge < -0.3 is 40.0 Å². The third-order valence-corrected chi connectivity index (χ3v) is 11.7. The number of esters is 2. The minimum Gasteiger partial charge on any atom is -0.457 e. The van der Waals surface area contributed by atoms with Crippen LogP contribution in [-0.2, 0) is 9.47 Å². The summed E-state index contributed by atoms with van der Waals surface area (Å²) in [6.45, 7) is 10.6. The summed E-state index contributed by atoms with van der Waals surface area (Å²) in [5, 5.41) is 22.3. The minimum atomic E-state index is -0.891. The average Bonchev–Trinajstić information content (AvgIpc) is 3.88. The van der Waals surface area contributed by atoms with E-state index in [0.29, 0.717) is 62.4 Å². The summed E-state index contributed by atoms with van der Waals surface area (Å²) >= 11 is 0. The van der Waals surface area contributed by atoms with E-state index in [4.69, 9.17) is 29.8 Å². The molecule has 2 aromatic heterocycles. The number of carbonyl (C=O) groups is 2. The first-order valence-electron chi connectivity index (χ1n) is 20.7. The topological polar surface area (TPSA) is 197 Å². The number of nitrogens with zero attached hydrogens (tertiary/aromatic N) is 2. The number of allylic oxidation sites excluding steroid dienone is 8. The summed E-state index contributed by atoms with van der Waals surface area (Å²) in [7, 11) is 0. The number of aromatic nitrogens is 2. The number of nitrogens with two attached hydrogens (primary N) is 2. The predicted octanol–water partition coefficient (Wildman–Crippen LogP) is 7.56. The third kappa shape index (κ3) is 12.6. The number of fused-ring (bicyclic) bond motifs is 6. The van der Waals surface area contributed by atoms with E-state index < -0.39 is 47.2 Å². The molecule has 2 aromatic rings. The fraction of sp³-hybridized carbons (Fsp3) is 0.489. The van der Waals surface area contributed by atoms with Gasteiger partial charge in [0.1, 0.15) is 24.7 Å². The van der Waals surface area contributed by atoms with Gasteiger partial charge in [0.2, 0.25) is 11.8 Å². The summed E-state index contributed by atoms with van der Waals surface area (Å²) in [6, 6.07) is 0. The molecule has 0 spiro atoms. The maximum atomic E-state index is 13.4. The summed E-state index contributed by atoms with van der Waals surface area (Å²) in [5.41, 5.74) is 9.70. The van der Waals surface area contributed by atoms with Crippen LogP contribution < -0.4 is 11.5 Å². The summed E-state index contributed by atoms with van der Waals surface area (Å²) in [5.74, 6) is 0.855. The summed E-state index contributed by atoms with van der Waals surface area (Å²) < 4.78 is 23.2. The lowest BCUT2D eigenvalue weighted by Gasteiger charge is -2.36. The molecule has 0 amide bonds. The van der Waals surface area contributed by atoms with Gasteiger partial charge in [0.05, 0.1) is 12.2 Å². The van der Waals surface area contributed by atoms with Crippen molar-refractivity contribution in [3.05, 3.63) is 121 Å². The fourth-order valence-electron chi connectivity index (χ4n) is 7.04. The van der Waals surface area contributed by atoms with Crippen LogP contribution in [-0.4, -0.2) is 69.6 Å². The highest BCUT2D eigenvalue weighted by Crippen LogP contribution is 2.48. The normalized spacial score (nSPS) is 30.2. The second-order valence-electron chi connectivity index (χ2n) is 16.9. The van der Waals surface area contributed by atoms with Crippen molar-refractivity contribution in [3.8, 4) is 0 Å². The largest absolute Gasteiger partial charge is 0.457 e. The zero-order valence-electron chi connectivity index (χ0n) is 34.9. The molecule has 3 aliphatic rings. The van der Waals surface area contributed by atoms with Crippen LogP contribution in [0.2, 0.25) is 0 Å². The SMILES string of the molecule is C[C@@H]1[C@@H]2/C=C\C[C@@H](C(C)(C)[C@@H](O)/C=C/CCN)OC(=O)c3coc(n3)/C=C\C=C\[C@@H]3C[C@@H]3/C=C\C[C@@H](C(C)(C)[C@@H](O)/C=C/CCN)OC(=O)c3coc(n3)/C=C\C=C\[C@H]12. The standard InChI is InChI=1S/C47H62N4O8/c1-31-34-18-7-9-25-43-51-36(30-57-43)44(54)58-40(46(2,3)38(52)20-10-12-26-48)22-14-17-33-28-32(33)16-6-8-24-42-50-37(29-56-42)45(55)59-41(23-15-19-35(31)34)47(4,5)39(53)21-11-13-27-49/h6-11,14-21,24-25,29-35,38-41,52-53H,12-13,22-23,26-28,48-49H2,1-5H3/b16-6+,17-14-,18-7+,19-15-,20-10+,21-11+,24-8-,25-9-/t31-,32+,33-,34+,35-,38-,39-,40-,41-/m0/s1. The summed E-state index contributed by atoms with van der Waals surface area (Å²) in [4.78, 5) is 35.5. The lowest BCUT2D eigenvalue weighted by molar-refractivity contribution is -0.0462. The number of ether oxygens (including phenoxy) is 2. The van der Waals surface area contributed by atoms with E-state index in [1.807, 2.05) is 76.3 Å². The van der Waals surface area contributed by atoms with Crippen LogP contribution >= 0.6 is 0 Å². The molecule has 2 saturated carbocycles. The Kier molecular flexibility index (Phi) is 16.0. The molecule has 59 heavy (non-hydrogen) atoms. The van der Waals surface area contributed by atoms with E-state index >= 15 is 0 Å². The smallest absolute Gasteiger partial charge is 0.360 e. The zero-order chi connectivity index (χ0) is 42.6. The van der Waals surface area contributed by atoms with E-state index in [2.05, 4.69) is 41.2 Å². The van der Waals surface area contributed by atoms with Crippen molar-refractivity contribution in [2.24, 2.45) is 51.9 Å². The molecule has 2 aliphatic carbocycles. The molecular formula is C47H62N4O8. The lowest BCUT2D eigenvalue weighted by atomic mass is 9.78. The van der Waals surface area contributed by atoms with Gasteiger partial charge in [-0.15, -0.1) is 0 Å². The van der Waals surface area contributed by atoms with Crippen LogP contribution in [0.25, 0.3) is 12.2 Å². The van der Waals surface area contributed by atoms with Gasteiger partial charge in [-0.1, -0.05) is 120 Å². The van der Waals surface area contributed by atoms with Crippen molar-refractivity contribution in [1.29, 1.82) is 0 Å². The van der Waals surface area contributed by atoms with Crippen LogP contribution in [0.1, 0.15) is 99.5 Å². The molecule has 12 nitrogen and oxygen atoms in total. The van der Waals surface area contributed by atoms with E-state index in [0.717, 1.165) is 6.42 Å². The van der Waals surface area contributed by atoms with Gasteiger partial charge in [-0.3, -0.25) is 0 Å². The predicted molar refractivity (Wildman–Crippen MR) is 228 cm³/mol. The molecule has 5 rings (SSSR count). The molecule has 0 unspecified atom stereocenters. The molecular weight excluding hydrogens is 749 g/mol. The second kappa shape index (κ2) is 20.9. The highest BCUT2D eigenvalue weighted by atomic mass is 16.6. The third-order valence-electron chi connectivity index (χ3n) is 11.7. The quantitative estimate of drug-likeness (QED) is 0.136. The van der Waals surface area contributed by atoms with Crippen molar-refractivity contribution in [3.63, 3.8) is 0 Å². The Labute approximate surface area is 348 Å². The number of hydrogen-bond donors (Lipinski definition) is 4. The van der Waals surface area contributed by atoms with Gasteiger partial charge >= 0.3 is 11.9 Å². The fourth-order valence-corrected chi connectivity index (χ4v) is 7.04. The van der Waals surface area contributed by atoms with Gasteiger partial charge in [0.25, 0.3) is 0 Å². The second-order valence-corrected chi connectivity index (χ2v) is 16.9. The Hall–Kier alpha value is -4.88. The number of oxazole rings is 2. The number of aliphatic hydroxyl groups is 2. The molecule has 2 fully saturated rings. The molecule has 1 aliphatic heterocycles. The van der Waals surface area contributed by atoms with Crippen molar-refractivity contribution in [2.45, 2.75) is 91.1 Å². The molecule has 12 heteroatoms. The Morgan fingerprint density at radius 3 is 1.68 bits per heavy atom. The Bertz CT molecular complexity index is 1940. The first-order valence-corrected chi connectivity index (χ1v) is 20.7. The number of carbonyl (C=O) groups excluding carboxylic acids is 2. The first-order chi connectivity index (χ1) is 28.3. The van der Waals surface area contributed by atoms with E-state index in [1.165, 1.54) is 12.5 Å². The average molecular weight is 811 g/mol. The number of hydrogen-bond acceptors (Lipinski definition) is 12. The summed E-state index contributed by atoms with van der Waals surface area (Å²) in [6.07, 6.45) is 32.8. The maximum absolute atomic E-state index is 13.4. The van der Waals surface area contributed by atoms with Crippen molar-refractivity contribution < 1.29 is 38.1 Å². The number of cyclic esters (lactones) is 2. The van der Waals surface area contributed by atoms with Crippen LogP contribution in [0.4, 0.5) is 0 Å². The maximum Gasteiger partial charge on any atom is 0.360 e. The van der Waals surface area contributed by atoms with Crippen LogP contribution in [0, 0.1) is 40.4 Å². The Morgan fingerprint density at radius 1 is 0.712 bits per heavy atom. The lowest BCUT2D eigenvalue weighted by Crippen LogP contribution is -2.42. The van der Waals surface area contributed by atoms with Crippen molar-refractivity contribution in [1.82, 2.24) is 9.97 Å². The number of rotatable bonds is 10.